The van der Waals surface area contributed by atoms with Crippen molar-refractivity contribution >= 4 is 40.7 Å². The molecule has 0 aliphatic carbocycles. The first-order valence-corrected chi connectivity index (χ1v) is 7.46. The van der Waals surface area contributed by atoms with E-state index >= 15 is 0 Å². The summed E-state index contributed by atoms with van der Waals surface area (Å²) in [5.74, 6) is 0.248. The Morgan fingerprint density at radius 1 is 1.27 bits per heavy atom. The Balaban J connectivity index is 1.67. The number of aryl methyl sites for hydroxylation is 1. The molecular formula is C13H10ClN5O2S. The normalized spacial score (nSPS) is 10.5. The molecule has 2 amide bonds. The smallest absolute Gasteiger partial charge is 0.327 e. The van der Waals surface area contributed by atoms with Crippen LogP contribution >= 0.6 is 22.9 Å². The van der Waals surface area contributed by atoms with Crippen molar-refractivity contribution in [1.82, 2.24) is 15.2 Å². The van der Waals surface area contributed by atoms with Gasteiger partial charge in [0.25, 0.3) is 5.89 Å². The van der Waals surface area contributed by atoms with Crippen LogP contribution in [0.4, 0.5) is 16.5 Å². The molecule has 2 aromatic heterocycles. The van der Waals surface area contributed by atoms with Gasteiger partial charge < -0.3 is 9.73 Å². The van der Waals surface area contributed by atoms with Crippen molar-refractivity contribution in [3.63, 3.8) is 0 Å². The zero-order valence-corrected chi connectivity index (χ0v) is 12.9. The highest BCUT2D eigenvalue weighted by Gasteiger charge is 2.13. The van der Waals surface area contributed by atoms with Gasteiger partial charge in [-0.05, 0) is 19.1 Å². The van der Waals surface area contributed by atoms with E-state index in [4.69, 9.17) is 16.0 Å². The summed E-state index contributed by atoms with van der Waals surface area (Å²) in [4.78, 5) is 16.1. The summed E-state index contributed by atoms with van der Waals surface area (Å²) in [6.07, 6.45) is 0. The number of nitrogens with zero attached hydrogens (tertiary/aromatic N) is 3. The number of halogens is 1. The molecule has 0 saturated heterocycles. The largest absolute Gasteiger partial charge is 0.401 e. The van der Waals surface area contributed by atoms with Crippen molar-refractivity contribution in [2.24, 2.45) is 0 Å². The molecule has 22 heavy (non-hydrogen) atoms. The molecule has 0 spiro atoms. The fourth-order valence-corrected chi connectivity index (χ4v) is 2.42. The van der Waals surface area contributed by atoms with E-state index in [2.05, 4.69) is 25.8 Å². The van der Waals surface area contributed by atoms with E-state index in [0.717, 1.165) is 5.01 Å². The Kier molecular flexibility index (Phi) is 4.03. The highest BCUT2D eigenvalue weighted by atomic mass is 35.5. The Bertz CT molecular complexity index is 816. The van der Waals surface area contributed by atoms with Crippen LogP contribution in [0.5, 0.6) is 0 Å². The van der Waals surface area contributed by atoms with Crippen molar-refractivity contribution in [2.75, 3.05) is 10.6 Å². The molecule has 0 aliphatic heterocycles. The lowest BCUT2D eigenvalue weighted by Crippen LogP contribution is -2.19. The lowest BCUT2D eigenvalue weighted by atomic mass is 10.3. The maximum absolute atomic E-state index is 11.9. The third kappa shape index (κ3) is 3.23. The maximum Gasteiger partial charge on any atom is 0.327 e. The maximum atomic E-state index is 11.9. The van der Waals surface area contributed by atoms with E-state index in [9.17, 15) is 4.79 Å². The highest BCUT2D eigenvalue weighted by molar-refractivity contribution is 7.09. The van der Waals surface area contributed by atoms with E-state index in [1.165, 1.54) is 11.3 Å². The van der Waals surface area contributed by atoms with E-state index in [1.54, 1.807) is 29.6 Å². The van der Waals surface area contributed by atoms with Gasteiger partial charge in [0.15, 0.2) is 0 Å². The number of carbonyl (C=O) groups is 1. The molecule has 9 heteroatoms. The highest BCUT2D eigenvalue weighted by Crippen LogP contribution is 2.23. The number of thiazole rings is 1. The van der Waals surface area contributed by atoms with Crippen molar-refractivity contribution in [3.05, 3.63) is 39.7 Å². The molecule has 2 heterocycles. The van der Waals surface area contributed by atoms with Crippen LogP contribution < -0.4 is 10.6 Å². The van der Waals surface area contributed by atoms with E-state index < -0.39 is 6.03 Å². The quantitative estimate of drug-likeness (QED) is 0.759. The third-order valence-electron chi connectivity index (χ3n) is 2.61. The summed E-state index contributed by atoms with van der Waals surface area (Å²) in [6, 6.07) is 6.33. The molecular weight excluding hydrogens is 326 g/mol. The summed E-state index contributed by atoms with van der Waals surface area (Å²) in [6.45, 7) is 1.88. The Hall–Kier alpha value is -2.45. The summed E-state index contributed by atoms with van der Waals surface area (Å²) >= 11 is 7.43. The van der Waals surface area contributed by atoms with E-state index in [1.807, 2.05) is 6.92 Å². The molecule has 0 unspecified atom stereocenters. The van der Waals surface area contributed by atoms with Crippen molar-refractivity contribution in [2.45, 2.75) is 6.92 Å². The SMILES string of the molecule is Cc1nc(-c2nnc(NC(=O)Nc3ccccc3Cl)o2)cs1. The minimum Gasteiger partial charge on any atom is -0.401 e. The number of aromatic nitrogens is 3. The Morgan fingerprint density at radius 2 is 2.09 bits per heavy atom. The summed E-state index contributed by atoms with van der Waals surface area (Å²) in [5.41, 5.74) is 1.06. The van der Waals surface area contributed by atoms with Gasteiger partial charge in [0.1, 0.15) is 5.69 Å². The van der Waals surface area contributed by atoms with Crippen LogP contribution in [-0.4, -0.2) is 21.2 Å². The van der Waals surface area contributed by atoms with Gasteiger partial charge in [-0.25, -0.2) is 9.78 Å². The number of rotatable bonds is 3. The van der Waals surface area contributed by atoms with E-state index in [0.29, 0.717) is 16.4 Å². The van der Waals surface area contributed by atoms with Gasteiger partial charge in [0, 0.05) is 5.38 Å². The number of hydrogen-bond acceptors (Lipinski definition) is 6. The second-order valence-corrected chi connectivity index (χ2v) is 5.69. The topological polar surface area (TPSA) is 92.9 Å². The van der Waals surface area contributed by atoms with Gasteiger partial charge in [0.05, 0.1) is 15.7 Å². The molecule has 3 rings (SSSR count). The lowest BCUT2D eigenvalue weighted by Gasteiger charge is -2.05. The molecule has 0 atom stereocenters. The summed E-state index contributed by atoms with van der Waals surface area (Å²) < 4.78 is 5.34. The first-order valence-electron chi connectivity index (χ1n) is 6.20. The van der Waals surface area contributed by atoms with Crippen LogP contribution in [-0.2, 0) is 0 Å². The predicted molar refractivity (Wildman–Crippen MR) is 84.2 cm³/mol. The molecule has 1 aromatic carbocycles. The van der Waals surface area contributed by atoms with Gasteiger partial charge >= 0.3 is 12.0 Å². The average molecular weight is 336 g/mol. The summed E-state index contributed by atoms with van der Waals surface area (Å²) in [7, 11) is 0. The Labute approximate surface area is 134 Å². The number of benzene rings is 1. The van der Waals surface area contributed by atoms with E-state index in [-0.39, 0.29) is 11.9 Å². The monoisotopic (exact) mass is 335 g/mol. The molecule has 112 valence electrons. The number of para-hydroxylation sites is 1. The van der Waals surface area contributed by atoms with Gasteiger partial charge in [-0.2, -0.15) is 0 Å². The summed E-state index contributed by atoms with van der Waals surface area (Å²) in [5, 5.41) is 15.7. The standard InChI is InChI=1S/C13H10ClN5O2S/c1-7-15-10(6-22-7)11-18-19-13(21-11)17-12(20)16-9-5-3-2-4-8(9)14/h2-6H,1H3,(H2,16,17,19,20). The van der Waals surface area contributed by atoms with Gasteiger partial charge in [-0.15, -0.1) is 16.4 Å². The van der Waals surface area contributed by atoms with Crippen LogP contribution in [0, 0.1) is 6.92 Å². The van der Waals surface area contributed by atoms with Crippen LogP contribution in [0.15, 0.2) is 34.1 Å². The number of carbonyl (C=O) groups excluding carboxylic acids is 1. The zero-order valence-electron chi connectivity index (χ0n) is 11.3. The zero-order chi connectivity index (χ0) is 15.5. The predicted octanol–water partition coefficient (Wildman–Crippen LogP) is 3.80. The molecule has 0 saturated carbocycles. The lowest BCUT2D eigenvalue weighted by molar-refractivity contribution is 0.261. The molecule has 0 aliphatic rings. The number of urea groups is 1. The first-order chi connectivity index (χ1) is 10.6. The van der Waals surface area contributed by atoms with Gasteiger partial charge in [0.2, 0.25) is 0 Å². The Morgan fingerprint density at radius 3 is 2.82 bits per heavy atom. The molecule has 3 aromatic rings. The third-order valence-corrected chi connectivity index (χ3v) is 3.71. The molecule has 0 radical (unpaired) electrons. The van der Waals surface area contributed by atoms with Crippen LogP contribution in [0.3, 0.4) is 0 Å². The molecule has 2 N–H and O–H groups in total. The number of anilines is 2. The number of hydrogen-bond donors (Lipinski definition) is 2. The molecule has 7 nitrogen and oxygen atoms in total. The van der Waals surface area contributed by atoms with Crippen molar-refractivity contribution in [1.29, 1.82) is 0 Å². The first kappa shape index (κ1) is 14.5. The second-order valence-electron chi connectivity index (χ2n) is 4.22. The second kappa shape index (κ2) is 6.12. The fourth-order valence-electron chi connectivity index (χ4n) is 1.65. The molecule has 0 bridgehead atoms. The van der Waals surface area contributed by atoms with Gasteiger partial charge in [-0.1, -0.05) is 28.8 Å². The van der Waals surface area contributed by atoms with Crippen LogP contribution in [0.2, 0.25) is 5.02 Å². The fraction of sp³-hybridized carbons (Fsp3) is 0.0769. The van der Waals surface area contributed by atoms with Gasteiger partial charge in [-0.3, -0.25) is 5.32 Å². The van der Waals surface area contributed by atoms with Crippen molar-refractivity contribution in [3.8, 4) is 11.6 Å². The number of amides is 2. The molecule has 0 fully saturated rings. The van der Waals surface area contributed by atoms with Crippen LogP contribution in [0.25, 0.3) is 11.6 Å². The average Bonchev–Trinajstić information content (AvgIpc) is 3.10. The number of nitrogens with one attached hydrogen (secondary N) is 2. The van der Waals surface area contributed by atoms with Crippen molar-refractivity contribution < 1.29 is 9.21 Å². The minimum absolute atomic E-state index is 0.0230. The van der Waals surface area contributed by atoms with Crippen LogP contribution in [0.1, 0.15) is 5.01 Å². The minimum atomic E-state index is -0.530.